The summed E-state index contributed by atoms with van der Waals surface area (Å²) >= 11 is 1.59. The van der Waals surface area contributed by atoms with E-state index in [2.05, 4.69) is 26.3 Å². The average Bonchev–Trinajstić information content (AvgIpc) is 3.08. The molecule has 1 saturated heterocycles. The Balaban J connectivity index is 1.54. The fourth-order valence-corrected chi connectivity index (χ4v) is 5.18. The number of fused-ring (bicyclic) bond motifs is 2. The molecule has 1 fully saturated rings. The second kappa shape index (κ2) is 7.09. The van der Waals surface area contributed by atoms with Crippen LogP contribution in [0.15, 0.2) is 18.5 Å². The number of anilines is 2. The normalized spacial score (nSPS) is 18.6. The van der Waals surface area contributed by atoms with E-state index in [0.717, 1.165) is 43.0 Å². The minimum atomic E-state index is -0.288. The predicted molar refractivity (Wildman–Crippen MR) is 106 cm³/mol. The lowest BCUT2D eigenvalue weighted by Crippen LogP contribution is -2.46. The molecule has 0 aliphatic carbocycles. The van der Waals surface area contributed by atoms with Gasteiger partial charge in [0.15, 0.2) is 0 Å². The molecule has 1 spiro atoms. The van der Waals surface area contributed by atoms with Crippen molar-refractivity contribution < 1.29 is 9.53 Å². The summed E-state index contributed by atoms with van der Waals surface area (Å²) in [7, 11) is 0. The minimum Gasteiger partial charge on any atom is -0.384 e. The summed E-state index contributed by atoms with van der Waals surface area (Å²) in [6, 6.07) is 4.00. The van der Waals surface area contributed by atoms with Crippen LogP contribution in [0.4, 0.5) is 11.6 Å². The molecule has 0 aromatic carbocycles. The maximum atomic E-state index is 12.4. The van der Waals surface area contributed by atoms with Crippen molar-refractivity contribution in [3.63, 3.8) is 0 Å². The lowest BCUT2D eigenvalue weighted by Gasteiger charge is -2.44. The van der Waals surface area contributed by atoms with Gasteiger partial charge in [-0.05, 0) is 44.7 Å². The van der Waals surface area contributed by atoms with Crippen LogP contribution in [0.5, 0.6) is 0 Å². The summed E-state index contributed by atoms with van der Waals surface area (Å²) in [4.78, 5) is 25.0. The van der Waals surface area contributed by atoms with Crippen molar-refractivity contribution in [1.82, 2.24) is 15.3 Å². The lowest BCUT2D eigenvalue weighted by atomic mass is 9.85. The Morgan fingerprint density at radius 3 is 2.81 bits per heavy atom. The number of ether oxygens (including phenoxy) is 1. The molecule has 3 N–H and O–H groups in total. The predicted octanol–water partition coefficient (Wildman–Crippen LogP) is 2.33. The second-order valence-corrected chi connectivity index (χ2v) is 8.53. The number of carbonyl (C=O) groups excluding carboxylic acids is 1. The molecule has 0 unspecified atom stereocenters. The summed E-state index contributed by atoms with van der Waals surface area (Å²) in [5.41, 5.74) is 6.77. The number of amides is 1. The first-order chi connectivity index (χ1) is 13.0. The molecule has 144 valence electrons. The van der Waals surface area contributed by atoms with E-state index >= 15 is 0 Å². The number of nitrogen functional groups attached to an aromatic ring is 1. The minimum absolute atomic E-state index is 0.00782. The van der Waals surface area contributed by atoms with Crippen molar-refractivity contribution in [3.05, 3.63) is 33.8 Å². The summed E-state index contributed by atoms with van der Waals surface area (Å²) in [6.45, 7) is 6.33. The van der Waals surface area contributed by atoms with Gasteiger partial charge in [0.25, 0.3) is 5.91 Å². The molecule has 1 amide bonds. The molecule has 4 rings (SSSR count). The van der Waals surface area contributed by atoms with E-state index in [1.807, 2.05) is 19.9 Å². The van der Waals surface area contributed by atoms with E-state index in [9.17, 15) is 4.79 Å². The number of aromatic nitrogens is 2. The van der Waals surface area contributed by atoms with E-state index < -0.39 is 0 Å². The van der Waals surface area contributed by atoms with Crippen molar-refractivity contribution in [3.8, 4) is 0 Å². The van der Waals surface area contributed by atoms with Crippen molar-refractivity contribution in [2.75, 3.05) is 30.3 Å². The van der Waals surface area contributed by atoms with Crippen molar-refractivity contribution in [1.29, 1.82) is 0 Å². The molecule has 27 heavy (non-hydrogen) atoms. The van der Waals surface area contributed by atoms with Crippen LogP contribution in [0.3, 0.4) is 0 Å². The number of hydrogen-bond acceptors (Lipinski definition) is 7. The summed E-state index contributed by atoms with van der Waals surface area (Å²) in [5.74, 6) is 1.35. The highest BCUT2D eigenvalue weighted by Gasteiger charge is 2.43. The lowest BCUT2D eigenvalue weighted by molar-refractivity contribution is -0.0735. The number of nitrogens with one attached hydrogen (secondary N) is 1. The van der Waals surface area contributed by atoms with E-state index in [1.165, 1.54) is 16.8 Å². The van der Waals surface area contributed by atoms with E-state index in [1.54, 1.807) is 11.3 Å². The topological polar surface area (TPSA) is 93.4 Å². The Labute approximate surface area is 162 Å². The first-order valence-corrected chi connectivity index (χ1v) is 10.2. The fourth-order valence-electron chi connectivity index (χ4n) is 3.87. The largest absolute Gasteiger partial charge is 0.384 e. The molecular weight excluding hydrogens is 362 g/mol. The van der Waals surface area contributed by atoms with Gasteiger partial charge in [-0.1, -0.05) is 0 Å². The molecular formula is C19H25N5O2S. The van der Waals surface area contributed by atoms with Crippen molar-refractivity contribution in [2.45, 2.75) is 44.8 Å². The van der Waals surface area contributed by atoms with Gasteiger partial charge in [-0.25, -0.2) is 9.97 Å². The number of hydrogen-bond donors (Lipinski definition) is 2. The van der Waals surface area contributed by atoms with E-state index in [4.69, 9.17) is 10.5 Å². The molecule has 2 aliphatic heterocycles. The molecule has 8 heteroatoms. The molecule has 7 nitrogen and oxygen atoms in total. The van der Waals surface area contributed by atoms with Crippen LogP contribution >= 0.6 is 11.3 Å². The molecule has 2 aromatic heterocycles. The molecule has 4 heterocycles. The Bertz CT molecular complexity index is 842. The van der Waals surface area contributed by atoms with Crippen molar-refractivity contribution >= 4 is 28.9 Å². The number of thiophene rings is 1. The van der Waals surface area contributed by atoms with Gasteiger partial charge in [-0.3, -0.25) is 4.79 Å². The highest BCUT2D eigenvalue weighted by atomic mass is 32.1. The van der Waals surface area contributed by atoms with Crippen LogP contribution in [0.2, 0.25) is 0 Å². The number of piperidine rings is 1. The van der Waals surface area contributed by atoms with Crippen molar-refractivity contribution in [2.24, 2.45) is 0 Å². The second-order valence-electron chi connectivity index (χ2n) is 7.47. The Morgan fingerprint density at radius 2 is 2.11 bits per heavy atom. The standard InChI is InChI=1S/C19H25N5O2S/c1-12(2)23-18(25)14-9-13-3-8-26-19(17(13)27-14)4-6-24(7-5-19)16-10-15(20)21-11-22-16/h9-12H,3-8H2,1-2H3,(H,23,25)(H2,20,21,22). The van der Waals surface area contributed by atoms with Gasteiger partial charge in [0.05, 0.1) is 11.5 Å². The van der Waals surface area contributed by atoms with Crippen LogP contribution in [0.25, 0.3) is 0 Å². The third-order valence-corrected chi connectivity index (χ3v) is 6.55. The zero-order valence-electron chi connectivity index (χ0n) is 15.7. The highest BCUT2D eigenvalue weighted by molar-refractivity contribution is 7.14. The van der Waals surface area contributed by atoms with Gasteiger partial charge in [0.2, 0.25) is 0 Å². The van der Waals surface area contributed by atoms with Crippen LogP contribution in [0, 0.1) is 0 Å². The number of carbonyl (C=O) groups is 1. The Kier molecular flexibility index (Phi) is 4.77. The van der Waals surface area contributed by atoms with E-state index in [0.29, 0.717) is 12.4 Å². The van der Waals surface area contributed by atoms with Gasteiger partial charge in [-0.2, -0.15) is 0 Å². The van der Waals surface area contributed by atoms with Gasteiger partial charge in [0.1, 0.15) is 23.6 Å². The molecule has 2 aliphatic rings. The summed E-state index contributed by atoms with van der Waals surface area (Å²) < 4.78 is 6.31. The SMILES string of the molecule is CC(C)NC(=O)c1cc2c(s1)C1(CCN(c3cc(N)ncn3)CC1)OCC2. The summed E-state index contributed by atoms with van der Waals surface area (Å²) in [5, 5.41) is 2.99. The molecule has 0 saturated carbocycles. The maximum Gasteiger partial charge on any atom is 0.261 e. The van der Waals surface area contributed by atoms with Gasteiger partial charge >= 0.3 is 0 Å². The number of rotatable bonds is 3. The Hall–Kier alpha value is -2.19. The smallest absolute Gasteiger partial charge is 0.261 e. The van der Waals surface area contributed by atoms with Gasteiger partial charge in [-0.15, -0.1) is 11.3 Å². The first-order valence-electron chi connectivity index (χ1n) is 9.37. The molecule has 0 bridgehead atoms. The zero-order valence-corrected chi connectivity index (χ0v) is 16.5. The third kappa shape index (κ3) is 3.51. The fraction of sp³-hybridized carbons (Fsp3) is 0.526. The number of nitrogens with zero attached hydrogens (tertiary/aromatic N) is 3. The van der Waals surface area contributed by atoms with Gasteiger partial charge < -0.3 is 20.7 Å². The van der Waals surface area contributed by atoms with Crippen LogP contribution in [0.1, 0.15) is 46.8 Å². The maximum absolute atomic E-state index is 12.4. The third-order valence-electron chi connectivity index (χ3n) is 5.19. The zero-order chi connectivity index (χ0) is 19.0. The monoisotopic (exact) mass is 387 g/mol. The van der Waals surface area contributed by atoms with E-state index in [-0.39, 0.29) is 17.6 Å². The molecule has 0 atom stereocenters. The van der Waals surface area contributed by atoms with Crippen LogP contribution < -0.4 is 16.0 Å². The quantitative estimate of drug-likeness (QED) is 0.840. The van der Waals surface area contributed by atoms with Crippen LogP contribution in [-0.4, -0.2) is 41.6 Å². The average molecular weight is 388 g/mol. The number of nitrogens with two attached hydrogens (primary N) is 1. The Morgan fingerprint density at radius 1 is 1.33 bits per heavy atom. The van der Waals surface area contributed by atoms with Crippen LogP contribution in [-0.2, 0) is 16.8 Å². The molecule has 0 radical (unpaired) electrons. The van der Waals surface area contributed by atoms with Gasteiger partial charge in [0, 0.05) is 30.1 Å². The highest BCUT2D eigenvalue weighted by Crippen LogP contribution is 2.45. The summed E-state index contributed by atoms with van der Waals surface area (Å²) in [6.07, 6.45) is 4.11. The first kappa shape index (κ1) is 18.2. The molecule has 2 aromatic rings.